The maximum atomic E-state index is 12.5. The van der Waals surface area contributed by atoms with E-state index in [9.17, 15) is 19.5 Å². The number of aromatic amines is 2. The van der Waals surface area contributed by atoms with Crippen molar-refractivity contribution in [2.24, 2.45) is 13.0 Å². The van der Waals surface area contributed by atoms with Crippen LogP contribution in [0.25, 0.3) is 0 Å². The van der Waals surface area contributed by atoms with E-state index in [1.807, 2.05) is 13.0 Å². The van der Waals surface area contributed by atoms with Crippen molar-refractivity contribution < 1.29 is 9.90 Å². The van der Waals surface area contributed by atoms with Crippen molar-refractivity contribution in [1.82, 2.24) is 24.6 Å². The highest BCUT2D eigenvalue weighted by Crippen LogP contribution is 2.22. The monoisotopic (exact) mass is 333 g/mol. The first kappa shape index (κ1) is 16.2. The molecule has 1 saturated heterocycles. The van der Waals surface area contributed by atoms with Crippen molar-refractivity contribution in [3.8, 4) is 0 Å². The van der Waals surface area contributed by atoms with E-state index in [1.54, 1.807) is 0 Å². The average Bonchev–Trinajstić information content (AvgIpc) is 3.09. The highest BCUT2D eigenvalue weighted by atomic mass is 16.3. The van der Waals surface area contributed by atoms with E-state index in [1.165, 1.54) is 18.1 Å². The molecule has 128 valence electrons. The predicted octanol–water partition coefficient (Wildman–Crippen LogP) is -1.22. The lowest BCUT2D eigenvalue weighted by Crippen LogP contribution is -2.38. The molecule has 0 bridgehead atoms. The molecule has 0 aromatic carbocycles. The Morgan fingerprint density at radius 2 is 2.17 bits per heavy atom. The number of nitrogens with one attached hydrogen (secondary N) is 2. The number of aryl methyl sites for hydroxylation is 2. The Labute approximate surface area is 136 Å². The zero-order chi connectivity index (χ0) is 17.4. The molecule has 1 fully saturated rings. The first-order chi connectivity index (χ1) is 11.3. The van der Waals surface area contributed by atoms with Crippen LogP contribution in [0.2, 0.25) is 0 Å². The highest BCUT2D eigenvalue weighted by molar-refractivity contribution is 5.93. The largest absolute Gasteiger partial charge is 0.391 e. The van der Waals surface area contributed by atoms with Crippen LogP contribution in [0.1, 0.15) is 21.7 Å². The SMILES string of the molecule is Cc1cc(C[C@@H]2CN(C(=O)c3cn(C)c(=O)[nH]c3=O)C[C@@H]2O)n[nH]1. The number of nitrogens with zero attached hydrogens (tertiary/aromatic N) is 3. The summed E-state index contributed by atoms with van der Waals surface area (Å²) in [4.78, 5) is 39.3. The van der Waals surface area contributed by atoms with Crippen LogP contribution < -0.4 is 11.2 Å². The third-order valence-corrected chi connectivity index (χ3v) is 4.26. The number of hydrogen-bond donors (Lipinski definition) is 3. The van der Waals surface area contributed by atoms with Crippen molar-refractivity contribution in [1.29, 1.82) is 0 Å². The number of rotatable bonds is 3. The molecule has 3 rings (SSSR count). The van der Waals surface area contributed by atoms with Crippen LogP contribution >= 0.6 is 0 Å². The summed E-state index contributed by atoms with van der Waals surface area (Å²) in [5.41, 5.74) is 0.349. The van der Waals surface area contributed by atoms with Crippen molar-refractivity contribution in [3.63, 3.8) is 0 Å². The van der Waals surface area contributed by atoms with Gasteiger partial charge in [-0.3, -0.25) is 19.7 Å². The number of β-amino-alcohol motifs (C(OH)–C–C–N with tert-alkyl or cyclic N) is 1. The van der Waals surface area contributed by atoms with E-state index in [0.29, 0.717) is 13.0 Å². The summed E-state index contributed by atoms with van der Waals surface area (Å²) in [6, 6.07) is 1.90. The Morgan fingerprint density at radius 1 is 1.42 bits per heavy atom. The molecule has 3 heterocycles. The van der Waals surface area contributed by atoms with Crippen LogP contribution in [0.5, 0.6) is 0 Å². The molecule has 9 nitrogen and oxygen atoms in total. The van der Waals surface area contributed by atoms with Crippen LogP contribution in [-0.2, 0) is 13.5 Å². The van der Waals surface area contributed by atoms with E-state index < -0.39 is 23.3 Å². The minimum absolute atomic E-state index is 0.111. The summed E-state index contributed by atoms with van der Waals surface area (Å²) in [6.07, 6.45) is 1.08. The fourth-order valence-electron chi connectivity index (χ4n) is 2.95. The average molecular weight is 333 g/mol. The van der Waals surface area contributed by atoms with Crippen LogP contribution in [0, 0.1) is 12.8 Å². The Kier molecular flexibility index (Phi) is 4.10. The number of carbonyl (C=O) groups is 1. The maximum absolute atomic E-state index is 12.5. The normalized spacial score (nSPS) is 20.5. The van der Waals surface area contributed by atoms with Gasteiger partial charge >= 0.3 is 5.69 Å². The number of aliphatic hydroxyl groups excluding tert-OH is 1. The molecule has 1 amide bonds. The fraction of sp³-hybridized carbons (Fsp3) is 0.467. The number of aliphatic hydroxyl groups is 1. The Balaban J connectivity index is 1.76. The standard InChI is InChI=1S/C15H19N5O4/c1-8-3-10(18-17-8)4-9-5-20(7-12(9)21)14(23)11-6-19(2)15(24)16-13(11)22/h3,6,9,12,21H,4-5,7H2,1-2H3,(H,17,18)(H,16,22,24)/t9-,12+/m1/s1. The molecule has 9 heteroatoms. The van der Waals surface area contributed by atoms with Crippen molar-refractivity contribution in [2.75, 3.05) is 13.1 Å². The van der Waals surface area contributed by atoms with Crippen molar-refractivity contribution in [2.45, 2.75) is 19.4 Å². The molecule has 2 atom stereocenters. The maximum Gasteiger partial charge on any atom is 0.328 e. The first-order valence-corrected chi connectivity index (χ1v) is 7.63. The van der Waals surface area contributed by atoms with E-state index in [2.05, 4.69) is 15.2 Å². The molecule has 1 aliphatic heterocycles. The van der Waals surface area contributed by atoms with Gasteiger partial charge in [0.1, 0.15) is 5.56 Å². The molecule has 24 heavy (non-hydrogen) atoms. The van der Waals surface area contributed by atoms with Crippen molar-refractivity contribution >= 4 is 5.91 Å². The molecule has 0 aliphatic carbocycles. The molecular weight excluding hydrogens is 314 g/mol. The number of aromatic nitrogens is 4. The van der Waals surface area contributed by atoms with Gasteiger partial charge in [-0.05, 0) is 19.4 Å². The van der Waals surface area contributed by atoms with Crippen LogP contribution in [0.3, 0.4) is 0 Å². The molecule has 3 N–H and O–H groups in total. The van der Waals surface area contributed by atoms with E-state index in [-0.39, 0.29) is 18.0 Å². The minimum atomic E-state index is -0.719. The zero-order valence-electron chi connectivity index (χ0n) is 13.4. The van der Waals surface area contributed by atoms with Gasteiger partial charge in [-0.15, -0.1) is 0 Å². The lowest BCUT2D eigenvalue weighted by Gasteiger charge is -2.15. The van der Waals surface area contributed by atoms with Crippen LogP contribution in [0.4, 0.5) is 0 Å². The van der Waals surface area contributed by atoms with Gasteiger partial charge in [-0.1, -0.05) is 0 Å². The predicted molar refractivity (Wildman–Crippen MR) is 84.7 cm³/mol. The van der Waals surface area contributed by atoms with Crippen LogP contribution in [0.15, 0.2) is 21.9 Å². The zero-order valence-corrected chi connectivity index (χ0v) is 13.4. The number of carbonyl (C=O) groups excluding carboxylic acids is 1. The quantitative estimate of drug-likeness (QED) is 0.649. The van der Waals surface area contributed by atoms with Gasteiger partial charge < -0.3 is 14.6 Å². The molecular formula is C15H19N5O4. The number of likely N-dealkylation sites (tertiary alicyclic amines) is 1. The molecule has 0 spiro atoms. The molecule has 0 unspecified atom stereocenters. The topological polar surface area (TPSA) is 124 Å². The molecule has 2 aromatic heterocycles. The first-order valence-electron chi connectivity index (χ1n) is 7.63. The van der Waals surface area contributed by atoms with E-state index in [4.69, 9.17) is 0 Å². The summed E-state index contributed by atoms with van der Waals surface area (Å²) in [5.74, 6) is -0.644. The fourth-order valence-corrected chi connectivity index (χ4v) is 2.95. The lowest BCUT2D eigenvalue weighted by atomic mass is 10.0. The number of amides is 1. The smallest absolute Gasteiger partial charge is 0.328 e. The van der Waals surface area contributed by atoms with Gasteiger partial charge in [0.05, 0.1) is 11.8 Å². The summed E-state index contributed by atoms with van der Waals surface area (Å²) in [5, 5.41) is 17.2. The second-order valence-corrected chi connectivity index (χ2v) is 6.20. The van der Waals surface area contributed by atoms with Gasteiger partial charge in [0.2, 0.25) is 0 Å². The summed E-state index contributed by atoms with van der Waals surface area (Å²) in [7, 11) is 1.45. The van der Waals surface area contributed by atoms with Gasteiger partial charge in [0.15, 0.2) is 0 Å². The molecule has 2 aromatic rings. The third kappa shape index (κ3) is 3.02. The lowest BCUT2D eigenvalue weighted by molar-refractivity contribution is 0.0761. The Bertz CT molecular complexity index is 880. The highest BCUT2D eigenvalue weighted by Gasteiger charge is 2.35. The Morgan fingerprint density at radius 3 is 2.83 bits per heavy atom. The summed E-state index contributed by atoms with van der Waals surface area (Å²) >= 11 is 0. The van der Waals surface area contributed by atoms with E-state index >= 15 is 0 Å². The van der Waals surface area contributed by atoms with Gasteiger partial charge in [0, 0.05) is 37.9 Å². The van der Waals surface area contributed by atoms with Gasteiger partial charge in [-0.2, -0.15) is 5.10 Å². The van der Waals surface area contributed by atoms with Gasteiger partial charge in [0.25, 0.3) is 11.5 Å². The Hall–Kier alpha value is -2.68. The third-order valence-electron chi connectivity index (χ3n) is 4.26. The second-order valence-electron chi connectivity index (χ2n) is 6.20. The number of hydrogen-bond acceptors (Lipinski definition) is 5. The van der Waals surface area contributed by atoms with E-state index in [0.717, 1.165) is 16.0 Å². The molecule has 1 aliphatic rings. The molecule has 0 radical (unpaired) electrons. The summed E-state index contributed by atoms with van der Waals surface area (Å²) in [6.45, 7) is 2.37. The summed E-state index contributed by atoms with van der Waals surface area (Å²) < 4.78 is 1.14. The minimum Gasteiger partial charge on any atom is -0.391 e. The van der Waals surface area contributed by atoms with Crippen molar-refractivity contribution in [3.05, 3.63) is 50.1 Å². The second kappa shape index (κ2) is 6.08. The molecule has 0 saturated carbocycles. The van der Waals surface area contributed by atoms with Gasteiger partial charge in [-0.25, -0.2) is 4.79 Å². The van der Waals surface area contributed by atoms with Crippen LogP contribution in [-0.4, -0.2) is 54.9 Å². The number of H-pyrrole nitrogens is 2.